The zero-order chi connectivity index (χ0) is 17.6. The third kappa shape index (κ3) is 9.45. The van der Waals surface area contributed by atoms with Crippen molar-refractivity contribution in [2.75, 3.05) is 26.4 Å². The molecule has 0 spiro atoms. The van der Waals surface area contributed by atoms with Crippen LogP contribution in [-0.4, -0.2) is 44.1 Å². The van der Waals surface area contributed by atoms with E-state index in [1.54, 1.807) is 0 Å². The van der Waals surface area contributed by atoms with E-state index in [0.29, 0.717) is 13.2 Å². The molecule has 0 aromatic heterocycles. The van der Waals surface area contributed by atoms with Crippen LogP contribution in [0.2, 0.25) is 0 Å². The van der Waals surface area contributed by atoms with Crippen LogP contribution in [0.3, 0.4) is 0 Å². The van der Waals surface area contributed by atoms with Crippen LogP contribution in [0.15, 0.2) is 12.2 Å². The molecule has 0 heterocycles. The second kappa shape index (κ2) is 12.7. The van der Waals surface area contributed by atoms with Crippen LogP contribution in [0.5, 0.6) is 0 Å². The number of esters is 2. The maximum absolute atomic E-state index is 11.9. The average molecular weight is 340 g/mol. The normalized spacial score (nSPS) is 15.4. The number of rotatable bonds is 11. The summed E-state index contributed by atoms with van der Waals surface area (Å²) in [5, 5.41) is 0. The Balaban J connectivity index is 2.11. The van der Waals surface area contributed by atoms with E-state index in [-0.39, 0.29) is 24.9 Å². The summed E-state index contributed by atoms with van der Waals surface area (Å²) in [6.07, 6.45) is 9.02. The molecule has 136 valence electrons. The smallest absolute Gasteiger partial charge is 0.331 e. The molecule has 0 unspecified atom stereocenters. The third-order valence-electron chi connectivity index (χ3n) is 3.89. The summed E-state index contributed by atoms with van der Waals surface area (Å²) in [6, 6.07) is 0. The molecule has 0 aromatic rings. The predicted octanol–water partition coefficient (Wildman–Crippen LogP) is 2.60. The minimum Gasteiger partial charge on any atom is -0.460 e. The molecule has 6 heteroatoms. The zero-order valence-electron chi connectivity index (χ0n) is 14.5. The van der Waals surface area contributed by atoms with Crippen molar-refractivity contribution in [2.24, 2.45) is 5.92 Å². The van der Waals surface area contributed by atoms with Gasteiger partial charge in [-0.2, -0.15) is 0 Å². The highest BCUT2D eigenvalue weighted by Gasteiger charge is 2.21. The van der Waals surface area contributed by atoms with Crippen LogP contribution in [0.25, 0.3) is 0 Å². The molecule has 0 aromatic carbocycles. The average Bonchev–Trinajstić information content (AvgIpc) is 2.61. The number of carbonyl (C=O) groups is 3. The van der Waals surface area contributed by atoms with E-state index >= 15 is 0 Å². The van der Waals surface area contributed by atoms with Crippen molar-refractivity contribution >= 4 is 17.7 Å². The van der Waals surface area contributed by atoms with E-state index < -0.39 is 11.9 Å². The summed E-state index contributed by atoms with van der Waals surface area (Å²) < 4.78 is 15.0. The van der Waals surface area contributed by atoms with Crippen LogP contribution in [-0.2, 0) is 28.6 Å². The van der Waals surface area contributed by atoms with Crippen molar-refractivity contribution in [3.63, 3.8) is 0 Å². The standard InChI is InChI=1S/C18H28O6/c1-2-3-11-22-12-13-23-17(20)9-10-18(21)24-14-16(19)15-7-5-4-6-8-15/h9-10,15H,2-8,11-14H2,1H3/b10-9+. The molecule has 0 N–H and O–H groups in total. The molecular weight excluding hydrogens is 312 g/mol. The molecule has 0 radical (unpaired) electrons. The first-order chi connectivity index (χ1) is 11.6. The molecule has 1 aliphatic carbocycles. The molecule has 0 saturated heterocycles. The van der Waals surface area contributed by atoms with Gasteiger partial charge in [0.2, 0.25) is 0 Å². The minimum absolute atomic E-state index is 0.00760. The molecule has 0 atom stereocenters. The number of hydrogen-bond donors (Lipinski definition) is 0. The molecule has 0 bridgehead atoms. The van der Waals surface area contributed by atoms with E-state index in [0.717, 1.165) is 57.1 Å². The first-order valence-corrected chi connectivity index (χ1v) is 8.75. The highest BCUT2D eigenvalue weighted by molar-refractivity contribution is 5.93. The van der Waals surface area contributed by atoms with E-state index in [4.69, 9.17) is 14.2 Å². The van der Waals surface area contributed by atoms with Gasteiger partial charge in [0, 0.05) is 24.7 Å². The number of Topliss-reactive ketones (excluding diaryl/α,β-unsaturated/α-hetero) is 1. The topological polar surface area (TPSA) is 78.9 Å². The molecule has 0 amide bonds. The Labute approximate surface area is 143 Å². The van der Waals surface area contributed by atoms with Gasteiger partial charge in [-0.1, -0.05) is 32.6 Å². The number of ether oxygens (including phenoxy) is 3. The lowest BCUT2D eigenvalue weighted by Crippen LogP contribution is -2.23. The monoisotopic (exact) mass is 340 g/mol. The third-order valence-corrected chi connectivity index (χ3v) is 3.89. The first-order valence-electron chi connectivity index (χ1n) is 8.75. The second-order valence-electron chi connectivity index (χ2n) is 5.88. The fourth-order valence-electron chi connectivity index (χ4n) is 2.47. The molecule has 1 fully saturated rings. The summed E-state index contributed by atoms with van der Waals surface area (Å²) in [6.45, 7) is 2.96. The van der Waals surface area contributed by atoms with E-state index in [1.807, 2.05) is 0 Å². The summed E-state index contributed by atoms with van der Waals surface area (Å²) in [4.78, 5) is 34.8. The zero-order valence-corrected chi connectivity index (χ0v) is 14.5. The molecule has 6 nitrogen and oxygen atoms in total. The van der Waals surface area contributed by atoms with Gasteiger partial charge >= 0.3 is 11.9 Å². The van der Waals surface area contributed by atoms with Crippen LogP contribution >= 0.6 is 0 Å². The van der Waals surface area contributed by atoms with Crippen molar-refractivity contribution in [2.45, 2.75) is 51.9 Å². The Hall–Kier alpha value is -1.69. The Morgan fingerprint density at radius 2 is 1.58 bits per heavy atom. The van der Waals surface area contributed by atoms with E-state index in [9.17, 15) is 14.4 Å². The maximum Gasteiger partial charge on any atom is 0.331 e. The molecule has 1 saturated carbocycles. The van der Waals surface area contributed by atoms with Gasteiger partial charge in [0.25, 0.3) is 0 Å². The number of ketones is 1. The van der Waals surface area contributed by atoms with Crippen molar-refractivity contribution in [1.29, 1.82) is 0 Å². The van der Waals surface area contributed by atoms with Gasteiger partial charge in [-0.05, 0) is 19.3 Å². The predicted molar refractivity (Wildman–Crippen MR) is 88.4 cm³/mol. The summed E-state index contributed by atoms with van der Waals surface area (Å²) in [5.74, 6) is -1.38. The van der Waals surface area contributed by atoms with Crippen molar-refractivity contribution < 1.29 is 28.6 Å². The van der Waals surface area contributed by atoms with Gasteiger partial charge in [0.15, 0.2) is 12.4 Å². The van der Waals surface area contributed by atoms with E-state index in [2.05, 4.69) is 6.92 Å². The first kappa shape index (κ1) is 20.4. The van der Waals surface area contributed by atoms with Gasteiger partial charge in [-0.3, -0.25) is 4.79 Å². The van der Waals surface area contributed by atoms with Crippen LogP contribution in [0.4, 0.5) is 0 Å². The number of unbranched alkanes of at least 4 members (excludes halogenated alkanes) is 1. The Kier molecular flexibility index (Phi) is 10.8. The highest BCUT2D eigenvalue weighted by Crippen LogP contribution is 2.24. The van der Waals surface area contributed by atoms with Gasteiger partial charge in [0.05, 0.1) is 6.61 Å². The largest absolute Gasteiger partial charge is 0.460 e. The molecular formula is C18H28O6. The lowest BCUT2D eigenvalue weighted by molar-refractivity contribution is -0.145. The molecule has 1 aliphatic rings. The second-order valence-corrected chi connectivity index (χ2v) is 5.88. The Morgan fingerprint density at radius 3 is 2.25 bits per heavy atom. The quantitative estimate of drug-likeness (QED) is 0.327. The summed E-state index contributed by atoms with van der Waals surface area (Å²) >= 11 is 0. The lowest BCUT2D eigenvalue weighted by Gasteiger charge is -2.19. The van der Waals surface area contributed by atoms with Crippen molar-refractivity contribution in [3.05, 3.63) is 12.2 Å². The van der Waals surface area contributed by atoms with Gasteiger partial charge in [0.1, 0.15) is 6.61 Å². The number of hydrogen-bond acceptors (Lipinski definition) is 6. The minimum atomic E-state index is -0.713. The van der Waals surface area contributed by atoms with E-state index in [1.165, 1.54) is 0 Å². The highest BCUT2D eigenvalue weighted by atomic mass is 16.6. The van der Waals surface area contributed by atoms with Crippen molar-refractivity contribution in [1.82, 2.24) is 0 Å². The van der Waals surface area contributed by atoms with Gasteiger partial charge in [-0.15, -0.1) is 0 Å². The molecule has 1 rings (SSSR count). The SMILES string of the molecule is CCCCOCCOC(=O)/C=C/C(=O)OCC(=O)C1CCCCC1. The lowest BCUT2D eigenvalue weighted by atomic mass is 9.86. The summed E-state index contributed by atoms with van der Waals surface area (Å²) in [5.41, 5.74) is 0. The van der Waals surface area contributed by atoms with Crippen LogP contribution in [0, 0.1) is 5.92 Å². The Bertz CT molecular complexity index is 423. The van der Waals surface area contributed by atoms with Gasteiger partial charge < -0.3 is 14.2 Å². The summed E-state index contributed by atoms with van der Waals surface area (Å²) in [7, 11) is 0. The molecule has 24 heavy (non-hydrogen) atoms. The Morgan fingerprint density at radius 1 is 0.917 bits per heavy atom. The fourth-order valence-corrected chi connectivity index (χ4v) is 2.47. The van der Waals surface area contributed by atoms with Crippen molar-refractivity contribution in [3.8, 4) is 0 Å². The van der Waals surface area contributed by atoms with Gasteiger partial charge in [-0.25, -0.2) is 9.59 Å². The maximum atomic E-state index is 11.9. The fraction of sp³-hybridized carbons (Fsp3) is 0.722. The van der Waals surface area contributed by atoms with Crippen LogP contribution in [0.1, 0.15) is 51.9 Å². The van der Waals surface area contributed by atoms with Crippen LogP contribution < -0.4 is 0 Å². The number of carbonyl (C=O) groups excluding carboxylic acids is 3. The molecule has 0 aliphatic heterocycles.